The van der Waals surface area contributed by atoms with Crippen LogP contribution in [0.3, 0.4) is 0 Å². The van der Waals surface area contributed by atoms with Gasteiger partial charge in [-0.1, -0.05) is 63.1 Å². The number of anilines is 2. The average molecular weight is 1020 g/mol. The van der Waals surface area contributed by atoms with Crippen molar-refractivity contribution < 1.29 is 72.8 Å². The minimum absolute atomic E-state index is 0. The zero-order valence-electron chi connectivity index (χ0n) is 33.2. The maximum absolute atomic E-state index is 12.4. The number of rotatable bonds is 15. The van der Waals surface area contributed by atoms with Gasteiger partial charge in [-0.2, -0.15) is 0 Å². The van der Waals surface area contributed by atoms with E-state index >= 15 is 0 Å². The Morgan fingerprint density at radius 3 is 1.46 bits per heavy atom. The summed E-state index contributed by atoms with van der Waals surface area (Å²) >= 11 is 11.4. The fraction of sp³-hybridized carbons (Fsp3) is 0.412. The van der Waals surface area contributed by atoms with Crippen LogP contribution < -0.4 is 59.5 Å². The number of thiazole rings is 4. The monoisotopic (exact) mass is 1020 g/mol. The van der Waals surface area contributed by atoms with Gasteiger partial charge in [0.2, 0.25) is 22.1 Å². The van der Waals surface area contributed by atoms with Crippen LogP contribution in [0, 0.1) is 0 Å². The van der Waals surface area contributed by atoms with Crippen LogP contribution in [0.1, 0.15) is 70.3 Å². The number of aromatic nitrogens is 8. The zero-order chi connectivity index (χ0) is 43.0. The van der Waals surface area contributed by atoms with Crippen LogP contribution in [0.5, 0.6) is 15.6 Å². The number of carbonyl (C=O) groups is 4. The molecule has 0 spiro atoms. The van der Waals surface area contributed by atoms with E-state index in [1.807, 2.05) is 5.38 Å². The molecule has 7 rings (SSSR count). The summed E-state index contributed by atoms with van der Waals surface area (Å²) in [5.41, 5.74) is 2.53. The number of carboxylic acids is 1. The van der Waals surface area contributed by atoms with E-state index in [1.54, 1.807) is 30.4 Å². The molecule has 61 heavy (non-hydrogen) atoms. The zero-order valence-corrected chi connectivity index (χ0v) is 41.7. The number of nitrogens with zero attached hydrogens (tertiary/aromatic N) is 8. The third kappa shape index (κ3) is 16.6. The summed E-state index contributed by atoms with van der Waals surface area (Å²) in [6, 6.07) is 0. The molecule has 0 aliphatic heterocycles. The molecule has 0 bridgehead atoms. The van der Waals surface area contributed by atoms with E-state index in [1.165, 1.54) is 82.2 Å². The second kappa shape index (κ2) is 25.5. The Morgan fingerprint density at radius 1 is 0.656 bits per heavy atom. The van der Waals surface area contributed by atoms with Gasteiger partial charge in [0.25, 0.3) is 15.6 Å². The summed E-state index contributed by atoms with van der Waals surface area (Å²) in [7, 11) is 5.95. The predicted molar refractivity (Wildman–Crippen MR) is 229 cm³/mol. The van der Waals surface area contributed by atoms with Gasteiger partial charge in [-0.15, -0.1) is 31.7 Å². The molecule has 0 saturated heterocycles. The van der Waals surface area contributed by atoms with Crippen molar-refractivity contribution in [2.24, 2.45) is 0 Å². The SMILES string of the molecule is COC(=O)Cc1csc(Br)n1.COc1nc(CC(=O)Nc2nnc([C@H]3CCC[C@H](c4nnc(NC(=O)Cc5csc(OC)n5)s4)C3)s2)cs1.COc1nc(CC(=O)[O-])cs1.[Na+]. The van der Waals surface area contributed by atoms with Crippen LogP contribution in [0.15, 0.2) is 25.4 Å². The Kier molecular flexibility index (Phi) is 20.9. The van der Waals surface area contributed by atoms with Gasteiger partial charge in [0.1, 0.15) is 10.0 Å². The first-order chi connectivity index (χ1) is 28.9. The summed E-state index contributed by atoms with van der Waals surface area (Å²) < 4.78 is 20.2. The Labute approximate surface area is 403 Å². The number of esters is 1. The quantitative estimate of drug-likeness (QED) is 0.110. The summed E-state index contributed by atoms with van der Waals surface area (Å²) in [5, 5.41) is 44.1. The summed E-state index contributed by atoms with van der Waals surface area (Å²) in [5.74, 6) is -1.33. The number of ether oxygens (including phenoxy) is 4. The smallest absolute Gasteiger partial charge is 0.550 e. The normalized spacial score (nSPS) is 14.2. The number of amides is 2. The summed E-state index contributed by atoms with van der Waals surface area (Å²) in [6.07, 6.45) is 4.27. The number of halogens is 1. The Balaban J connectivity index is 0.000000290. The largest absolute Gasteiger partial charge is 1.00 e. The molecule has 6 aromatic heterocycles. The van der Waals surface area contributed by atoms with Crippen molar-refractivity contribution in [1.29, 1.82) is 0 Å². The van der Waals surface area contributed by atoms with Gasteiger partial charge in [0, 0.05) is 45.7 Å². The second-order valence-corrected chi connectivity index (χ2v) is 18.8. The van der Waals surface area contributed by atoms with Gasteiger partial charge < -0.3 is 39.5 Å². The Hall–Kier alpha value is -3.60. The summed E-state index contributed by atoms with van der Waals surface area (Å²) in [6.45, 7) is 0. The fourth-order valence-electron chi connectivity index (χ4n) is 5.32. The molecule has 27 heteroatoms. The van der Waals surface area contributed by atoms with Crippen LogP contribution >= 0.6 is 84.0 Å². The van der Waals surface area contributed by atoms with Gasteiger partial charge in [-0.3, -0.25) is 14.4 Å². The average Bonchev–Trinajstić information content (AvgIpc) is 4.10. The minimum atomic E-state index is -1.13. The third-order valence-corrected chi connectivity index (χ3v) is 13.9. The maximum atomic E-state index is 12.4. The van der Waals surface area contributed by atoms with E-state index in [2.05, 4.69) is 71.6 Å². The molecular formula is C34H36BrN10NaO9S6. The van der Waals surface area contributed by atoms with E-state index in [4.69, 9.17) is 14.2 Å². The molecule has 1 saturated carbocycles. The molecule has 6 heterocycles. The van der Waals surface area contributed by atoms with Crippen molar-refractivity contribution >= 4 is 118 Å². The van der Waals surface area contributed by atoms with Crippen molar-refractivity contribution in [3.05, 3.63) is 58.2 Å². The van der Waals surface area contributed by atoms with E-state index in [0.717, 1.165) is 45.3 Å². The predicted octanol–water partition coefficient (Wildman–Crippen LogP) is 2.19. The first-order valence-electron chi connectivity index (χ1n) is 17.5. The standard InChI is InChI=1S/C22H24N8O4S4.C6H6BrNO2S.C6H7NO3S.Na/c1-33-21-23-13(9-35-21)7-15(31)25-19-29-27-17(37-19)11-4-3-5-12(6-11)18-28-30-20(38-18)26-16(32)8-14-10-36-22(24-14)34-2;1-10-5(9)2-4-3-11-6(7)8-4;1-10-6-7-4(3-11-6)2-5(8)9;/h9-12H,3-8H2,1-2H3,(H,25,29,31)(H,26,30,32);3H,2H2,1H3;3H,2H2,1H3,(H,8,9);/q;;;+1/p-1/t11-,12-;;;/m0.../s1. The van der Waals surface area contributed by atoms with Crippen LogP contribution in [0.25, 0.3) is 0 Å². The van der Waals surface area contributed by atoms with Gasteiger partial charge in [-0.25, -0.2) is 19.9 Å². The van der Waals surface area contributed by atoms with Crippen LogP contribution in [-0.2, 0) is 49.6 Å². The fourth-order valence-corrected chi connectivity index (χ4v) is 10.1. The molecule has 6 aromatic rings. The Bertz CT molecular complexity index is 2230. The number of nitrogens with one attached hydrogen (secondary N) is 2. The molecule has 1 fully saturated rings. The molecular weight excluding hydrogens is 988 g/mol. The molecule has 1 aliphatic rings. The molecule has 19 nitrogen and oxygen atoms in total. The molecule has 0 aromatic carbocycles. The first-order valence-corrected chi connectivity index (χ1v) is 23.5. The third-order valence-electron chi connectivity index (χ3n) is 7.95. The van der Waals surface area contributed by atoms with Crippen molar-refractivity contribution in [3.8, 4) is 15.6 Å². The molecule has 2 atom stereocenters. The molecule has 0 radical (unpaired) electrons. The number of hydrogen-bond acceptors (Lipinski definition) is 23. The van der Waals surface area contributed by atoms with E-state index in [9.17, 15) is 24.3 Å². The second-order valence-electron chi connectivity index (χ2n) is 12.2. The van der Waals surface area contributed by atoms with E-state index < -0.39 is 5.97 Å². The van der Waals surface area contributed by atoms with Crippen molar-refractivity contribution in [3.63, 3.8) is 0 Å². The molecule has 320 valence electrons. The van der Waals surface area contributed by atoms with Crippen molar-refractivity contribution in [2.75, 3.05) is 39.1 Å². The number of carboxylic acid groups (broad SMARTS) is 1. The number of methoxy groups -OCH3 is 4. The van der Waals surface area contributed by atoms with Gasteiger partial charge in [0.15, 0.2) is 3.92 Å². The van der Waals surface area contributed by atoms with Gasteiger partial charge in [-0.05, 0) is 35.2 Å². The topological polar surface area (TPSA) is 255 Å². The maximum Gasteiger partial charge on any atom is 1.00 e. The van der Waals surface area contributed by atoms with Crippen LogP contribution in [0.2, 0.25) is 0 Å². The van der Waals surface area contributed by atoms with Gasteiger partial charge >= 0.3 is 35.5 Å². The van der Waals surface area contributed by atoms with Gasteiger partial charge in [0.05, 0.1) is 70.5 Å². The molecule has 2 amide bonds. The molecule has 0 unspecified atom stereocenters. The van der Waals surface area contributed by atoms with Crippen LogP contribution in [-0.4, -0.2) is 92.5 Å². The Morgan fingerprint density at radius 2 is 1.08 bits per heavy atom. The van der Waals surface area contributed by atoms with Crippen LogP contribution in [0.4, 0.5) is 10.3 Å². The molecule has 1 aliphatic carbocycles. The van der Waals surface area contributed by atoms with Crippen molar-refractivity contribution in [2.45, 2.75) is 63.2 Å². The number of carbonyl (C=O) groups excluding carboxylic acids is 4. The summed E-state index contributed by atoms with van der Waals surface area (Å²) in [4.78, 5) is 61.9. The van der Waals surface area contributed by atoms with E-state index in [-0.39, 0.29) is 84.9 Å². The first kappa shape index (κ1) is 50.0. The molecule has 2 N–H and O–H groups in total. The number of hydrogen-bond donors (Lipinski definition) is 2. The minimum Gasteiger partial charge on any atom is -0.550 e. The van der Waals surface area contributed by atoms with E-state index in [0.29, 0.717) is 42.9 Å². The number of aliphatic carboxylic acids is 1. The van der Waals surface area contributed by atoms with Crippen molar-refractivity contribution in [1.82, 2.24) is 40.3 Å².